The van der Waals surface area contributed by atoms with Gasteiger partial charge in [0, 0.05) is 24.7 Å². The largest absolute Gasteiger partial charge is 0.475 e. The molecule has 0 saturated carbocycles. The van der Waals surface area contributed by atoms with Gasteiger partial charge in [-0.05, 0) is 6.07 Å². The first-order valence-electron chi connectivity index (χ1n) is 6.39. The van der Waals surface area contributed by atoms with Crippen molar-refractivity contribution in [1.29, 1.82) is 0 Å². The van der Waals surface area contributed by atoms with Crippen molar-refractivity contribution in [3.8, 4) is 5.88 Å². The average molecular weight is 302 g/mol. The fraction of sp³-hybridized carbons (Fsp3) is 0.214. The number of hydrogen-bond donors (Lipinski definition) is 1. The van der Waals surface area contributed by atoms with Crippen molar-refractivity contribution in [1.82, 2.24) is 20.3 Å². The predicted molar refractivity (Wildman–Crippen MR) is 75.0 cm³/mol. The number of pyridine rings is 1. The van der Waals surface area contributed by atoms with Crippen molar-refractivity contribution in [2.75, 3.05) is 13.7 Å². The van der Waals surface area contributed by atoms with E-state index >= 15 is 0 Å². The molecule has 1 N–H and O–H groups in total. The number of carbonyl (C=O) groups excluding carboxylic acids is 2. The maximum Gasteiger partial charge on any atom is 0.331 e. The van der Waals surface area contributed by atoms with Gasteiger partial charge in [0.2, 0.25) is 5.88 Å². The van der Waals surface area contributed by atoms with Crippen molar-refractivity contribution in [3.05, 3.63) is 48.7 Å². The summed E-state index contributed by atoms with van der Waals surface area (Å²) in [5, 5.41) is 2.49. The molecule has 1 atom stereocenters. The van der Waals surface area contributed by atoms with Crippen LogP contribution in [0.5, 0.6) is 5.88 Å². The standard InChI is InChI=1S/C14H14N4O4/c1-21-14(20)11(9-22-12-4-2-3-5-17-12)18-13(19)10-8-15-6-7-16-10/h2-8,11H,9H2,1H3,(H,18,19)/t11-/m1/s1. The Morgan fingerprint density at radius 2 is 2.09 bits per heavy atom. The number of hydrogen-bond acceptors (Lipinski definition) is 7. The summed E-state index contributed by atoms with van der Waals surface area (Å²) in [6.45, 7) is -0.115. The van der Waals surface area contributed by atoms with Gasteiger partial charge in [0.1, 0.15) is 12.3 Å². The molecular weight excluding hydrogens is 288 g/mol. The van der Waals surface area contributed by atoms with Crippen LogP contribution in [0.1, 0.15) is 10.5 Å². The number of ether oxygens (including phenoxy) is 2. The molecule has 0 aromatic carbocycles. The maximum absolute atomic E-state index is 12.0. The average Bonchev–Trinajstić information content (AvgIpc) is 2.59. The number of nitrogens with one attached hydrogen (secondary N) is 1. The Balaban J connectivity index is 2.00. The molecule has 0 bridgehead atoms. The molecule has 2 aromatic rings. The molecule has 2 heterocycles. The van der Waals surface area contributed by atoms with Crippen LogP contribution in [0.2, 0.25) is 0 Å². The van der Waals surface area contributed by atoms with E-state index in [-0.39, 0.29) is 12.3 Å². The summed E-state index contributed by atoms with van der Waals surface area (Å²) in [7, 11) is 1.23. The minimum atomic E-state index is -0.985. The van der Waals surface area contributed by atoms with Crippen molar-refractivity contribution in [3.63, 3.8) is 0 Å². The molecule has 0 saturated heterocycles. The fourth-order valence-electron chi connectivity index (χ4n) is 1.56. The predicted octanol–water partition coefficient (Wildman–Crippen LogP) is 0.222. The second-order valence-electron chi connectivity index (χ2n) is 4.12. The highest BCUT2D eigenvalue weighted by atomic mass is 16.5. The van der Waals surface area contributed by atoms with Gasteiger partial charge in [-0.1, -0.05) is 6.07 Å². The zero-order valence-corrected chi connectivity index (χ0v) is 11.8. The number of amides is 1. The third kappa shape index (κ3) is 4.23. The summed E-state index contributed by atoms with van der Waals surface area (Å²) < 4.78 is 10.0. The lowest BCUT2D eigenvalue weighted by Crippen LogP contribution is -2.45. The SMILES string of the molecule is COC(=O)[C@@H](COc1ccccn1)NC(=O)c1cnccn1. The van der Waals surface area contributed by atoms with E-state index in [0.29, 0.717) is 5.88 Å². The van der Waals surface area contributed by atoms with Gasteiger partial charge in [-0.2, -0.15) is 0 Å². The number of rotatable bonds is 6. The number of aromatic nitrogens is 3. The number of nitrogens with zero attached hydrogens (tertiary/aromatic N) is 3. The molecule has 0 aliphatic rings. The van der Waals surface area contributed by atoms with Gasteiger partial charge in [-0.25, -0.2) is 14.8 Å². The summed E-state index contributed by atoms with van der Waals surface area (Å²) in [6.07, 6.45) is 5.68. The van der Waals surface area contributed by atoms with Crippen LogP contribution < -0.4 is 10.1 Å². The molecule has 0 radical (unpaired) electrons. The highest BCUT2D eigenvalue weighted by Crippen LogP contribution is 2.04. The van der Waals surface area contributed by atoms with Crippen LogP contribution in [0.25, 0.3) is 0 Å². The first-order valence-corrected chi connectivity index (χ1v) is 6.39. The van der Waals surface area contributed by atoms with Gasteiger partial charge in [-0.15, -0.1) is 0 Å². The summed E-state index contributed by atoms with van der Waals surface area (Å²) in [5.74, 6) is -0.841. The van der Waals surface area contributed by atoms with E-state index < -0.39 is 17.9 Å². The Morgan fingerprint density at radius 1 is 1.23 bits per heavy atom. The molecule has 0 fully saturated rings. The first-order chi connectivity index (χ1) is 10.7. The third-order valence-electron chi connectivity index (χ3n) is 2.62. The van der Waals surface area contributed by atoms with Crippen molar-refractivity contribution in [2.45, 2.75) is 6.04 Å². The Kier molecular flexibility index (Phi) is 5.36. The summed E-state index contributed by atoms with van der Waals surface area (Å²) in [5.41, 5.74) is 0.0919. The van der Waals surface area contributed by atoms with Crippen LogP contribution in [0.15, 0.2) is 43.0 Å². The third-order valence-corrected chi connectivity index (χ3v) is 2.62. The van der Waals surface area contributed by atoms with Gasteiger partial charge in [0.15, 0.2) is 6.04 Å². The van der Waals surface area contributed by atoms with E-state index in [4.69, 9.17) is 4.74 Å². The van der Waals surface area contributed by atoms with E-state index in [1.165, 1.54) is 25.7 Å². The van der Waals surface area contributed by atoms with Crippen LogP contribution in [-0.2, 0) is 9.53 Å². The maximum atomic E-state index is 12.0. The van der Waals surface area contributed by atoms with Crippen molar-refractivity contribution < 1.29 is 19.1 Å². The molecule has 8 nitrogen and oxygen atoms in total. The monoisotopic (exact) mass is 302 g/mol. The summed E-state index contributed by atoms with van der Waals surface area (Å²) in [4.78, 5) is 35.3. The van der Waals surface area contributed by atoms with E-state index in [9.17, 15) is 9.59 Å². The first kappa shape index (κ1) is 15.4. The van der Waals surface area contributed by atoms with Gasteiger partial charge < -0.3 is 14.8 Å². The molecule has 2 aromatic heterocycles. The topological polar surface area (TPSA) is 103 Å². The van der Waals surface area contributed by atoms with Gasteiger partial charge >= 0.3 is 5.97 Å². The Labute approximate surface area is 126 Å². The summed E-state index contributed by atoms with van der Waals surface area (Å²) in [6, 6.07) is 4.13. The molecule has 0 aliphatic heterocycles. The van der Waals surface area contributed by atoms with E-state index in [1.807, 2.05) is 0 Å². The zero-order chi connectivity index (χ0) is 15.8. The molecule has 0 aliphatic carbocycles. The lowest BCUT2D eigenvalue weighted by atomic mass is 10.3. The van der Waals surface area contributed by atoms with Gasteiger partial charge in [0.05, 0.1) is 13.3 Å². The normalized spacial score (nSPS) is 11.3. The smallest absolute Gasteiger partial charge is 0.331 e. The lowest BCUT2D eigenvalue weighted by molar-refractivity contribution is -0.143. The zero-order valence-electron chi connectivity index (χ0n) is 11.8. The van der Waals surface area contributed by atoms with Crippen molar-refractivity contribution >= 4 is 11.9 Å². The van der Waals surface area contributed by atoms with Crippen LogP contribution in [-0.4, -0.2) is 46.6 Å². The molecule has 1 amide bonds. The minimum absolute atomic E-state index is 0.0919. The Bertz CT molecular complexity index is 621. The molecule has 114 valence electrons. The quantitative estimate of drug-likeness (QED) is 0.761. The minimum Gasteiger partial charge on any atom is -0.475 e. The van der Waals surface area contributed by atoms with Crippen LogP contribution >= 0.6 is 0 Å². The van der Waals surface area contributed by atoms with Crippen LogP contribution in [0, 0.1) is 0 Å². The molecule has 0 unspecified atom stereocenters. The lowest BCUT2D eigenvalue weighted by Gasteiger charge is -2.16. The number of methoxy groups -OCH3 is 1. The van der Waals surface area contributed by atoms with Gasteiger partial charge in [0.25, 0.3) is 5.91 Å². The van der Waals surface area contributed by atoms with Crippen LogP contribution in [0.3, 0.4) is 0 Å². The molecule has 8 heteroatoms. The van der Waals surface area contributed by atoms with Crippen molar-refractivity contribution in [2.24, 2.45) is 0 Å². The molecule has 0 spiro atoms. The van der Waals surface area contributed by atoms with E-state index in [2.05, 4.69) is 25.0 Å². The Morgan fingerprint density at radius 3 is 2.73 bits per heavy atom. The van der Waals surface area contributed by atoms with E-state index in [0.717, 1.165) is 0 Å². The van der Waals surface area contributed by atoms with Gasteiger partial charge in [-0.3, -0.25) is 9.78 Å². The second-order valence-corrected chi connectivity index (χ2v) is 4.12. The Hall–Kier alpha value is -3.03. The fourth-order valence-corrected chi connectivity index (χ4v) is 1.56. The molecule has 22 heavy (non-hydrogen) atoms. The van der Waals surface area contributed by atoms with E-state index in [1.54, 1.807) is 24.4 Å². The highest BCUT2D eigenvalue weighted by molar-refractivity contribution is 5.94. The second kappa shape index (κ2) is 7.67. The number of esters is 1. The van der Waals surface area contributed by atoms with Crippen LogP contribution in [0.4, 0.5) is 0 Å². The number of carbonyl (C=O) groups is 2. The molecule has 2 rings (SSSR count). The highest BCUT2D eigenvalue weighted by Gasteiger charge is 2.23. The summed E-state index contributed by atoms with van der Waals surface area (Å²) >= 11 is 0. The molecular formula is C14H14N4O4.